The summed E-state index contributed by atoms with van der Waals surface area (Å²) in [7, 11) is 2.96. The molecule has 0 saturated heterocycles. The van der Waals surface area contributed by atoms with E-state index in [1.807, 2.05) is 30.3 Å². The molecule has 1 aliphatic heterocycles. The summed E-state index contributed by atoms with van der Waals surface area (Å²) in [6.45, 7) is 3.73. The van der Waals surface area contributed by atoms with Gasteiger partial charge >= 0.3 is 5.97 Å². The highest BCUT2D eigenvalue weighted by atomic mass is 32.1. The van der Waals surface area contributed by atoms with E-state index < -0.39 is 29.5 Å². The van der Waals surface area contributed by atoms with E-state index in [1.54, 1.807) is 50.2 Å². The quantitative estimate of drug-likeness (QED) is 0.120. The van der Waals surface area contributed by atoms with E-state index in [-0.39, 0.29) is 34.6 Å². The number of anilines is 1. The lowest BCUT2D eigenvalue weighted by Gasteiger charge is -2.25. The van der Waals surface area contributed by atoms with Crippen LogP contribution in [-0.2, 0) is 16.1 Å². The van der Waals surface area contributed by atoms with Gasteiger partial charge in [-0.25, -0.2) is 9.78 Å². The third-order valence-electron chi connectivity index (χ3n) is 7.60. The number of ether oxygens (including phenoxy) is 4. The zero-order valence-electron chi connectivity index (χ0n) is 25.9. The lowest BCUT2D eigenvalue weighted by atomic mass is 9.95. The Morgan fingerprint density at radius 1 is 0.979 bits per heavy atom. The van der Waals surface area contributed by atoms with Crippen molar-refractivity contribution in [2.75, 3.05) is 25.7 Å². The van der Waals surface area contributed by atoms with Gasteiger partial charge < -0.3 is 28.5 Å². The molecular weight excluding hydrogens is 624 g/mol. The normalized spacial score (nSPS) is 14.5. The van der Waals surface area contributed by atoms with Crippen LogP contribution in [0.25, 0.3) is 11.0 Å². The maximum Gasteiger partial charge on any atom is 0.350 e. The number of hydrogen-bond acceptors (Lipinski definition) is 11. The topological polar surface area (TPSA) is 138 Å². The predicted molar refractivity (Wildman–Crippen MR) is 174 cm³/mol. The van der Waals surface area contributed by atoms with Crippen LogP contribution in [0, 0.1) is 6.92 Å². The van der Waals surface area contributed by atoms with Crippen molar-refractivity contribution < 1.29 is 42.9 Å². The Morgan fingerprint density at radius 2 is 1.74 bits per heavy atom. The number of benzene rings is 3. The number of fused-ring (bicyclic) bond motifs is 1. The molecule has 0 aliphatic carbocycles. The van der Waals surface area contributed by atoms with Crippen molar-refractivity contribution in [3.8, 4) is 17.2 Å². The maximum absolute atomic E-state index is 14.2. The Hall–Kier alpha value is -5.62. The molecule has 11 nitrogen and oxygen atoms in total. The average molecular weight is 655 g/mol. The number of hydrogen-bond donors (Lipinski definition) is 1. The number of aryl methyl sites for hydroxylation is 1. The standard InChI is InChI=1S/C35H30N2O9S/c1-5-44-34(41)32-19(2)36-35(47-32)37-28(21-14-15-23(25(16-21)43-4)45-18-20-10-7-6-8-11-20)27(30(39)33(37)40)29(38)26-17-22-12-9-13-24(42-3)31(22)46-26/h6-17,28,39H,5,18H2,1-4H3. The van der Waals surface area contributed by atoms with Crippen molar-refractivity contribution in [3.63, 3.8) is 0 Å². The van der Waals surface area contributed by atoms with E-state index >= 15 is 0 Å². The maximum atomic E-state index is 14.2. The van der Waals surface area contributed by atoms with Crippen LogP contribution in [0.4, 0.5) is 5.13 Å². The number of esters is 1. The molecule has 1 atom stereocenters. The second-order valence-electron chi connectivity index (χ2n) is 10.5. The smallest absolute Gasteiger partial charge is 0.350 e. The number of carbonyl (C=O) groups is 3. The molecule has 1 amide bonds. The summed E-state index contributed by atoms with van der Waals surface area (Å²) in [6, 6.07) is 20.1. The molecule has 2 aromatic heterocycles. The first-order valence-electron chi connectivity index (χ1n) is 14.6. The summed E-state index contributed by atoms with van der Waals surface area (Å²) < 4.78 is 28.2. The monoisotopic (exact) mass is 654 g/mol. The van der Waals surface area contributed by atoms with Gasteiger partial charge in [-0.3, -0.25) is 14.5 Å². The molecule has 1 aliphatic rings. The van der Waals surface area contributed by atoms with Crippen LogP contribution >= 0.6 is 11.3 Å². The van der Waals surface area contributed by atoms with E-state index in [2.05, 4.69) is 4.98 Å². The molecular formula is C35H30N2O9S. The van der Waals surface area contributed by atoms with Crippen LogP contribution in [0.1, 0.15) is 50.0 Å². The van der Waals surface area contributed by atoms with Gasteiger partial charge in [0.1, 0.15) is 11.5 Å². The highest BCUT2D eigenvalue weighted by Gasteiger charge is 2.47. The molecule has 6 rings (SSSR count). The van der Waals surface area contributed by atoms with Crippen LogP contribution in [-0.4, -0.2) is 48.6 Å². The highest BCUT2D eigenvalue weighted by Crippen LogP contribution is 2.46. The van der Waals surface area contributed by atoms with Crippen LogP contribution in [0.15, 0.2) is 88.5 Å². The minimum atomic E-state index is -1.18. The number of furan rings is 1. The van der Waals surface area contributed by atoms with Crippen molar-refractivity contribution in [1.82, 2.24) is 4.98 Å². The Morgan fingerprint density at radius 3 is 2.47 bits per heavy atom. The van der Waals surface area contributed by atoms with E-state index in [0.717, 1.165) is 16.9 Å². The zero-order chi connectivity index (χ0) is 33.2. The van der Waals surface area contributed by atoms with Crippen LogP contribution < -0.4 is 19.1 Å². The third kappa shape index (κ3) is 5.79. The molecule has 5 aromatic rings. The molecule has 0 radical (unpaired) electrons. The molecule has 0 spiro atoms. The number of carbonyl (C=O) groups excluding carboxylic acids is 3. The van der Waals surface area contributed by atoms with E-state index in [9.17, 15) is 19.5 Å². The van der Waals surface area contributed by atoms with Gasteiger partial charge in [0.05, 0.1) is 38.1 Å². The molecule has 1 unspecified atom stereocenters. The molecule has 0 bridgehead atoms. The fourth-order valence-corrected chi connectivity index (χ4v) is 6.36. The van der Waals surface area contributed by atoms with E-state index in [0.29, 0.717) is 39.5 Å². The first-order chi connectivity index (χ1) is 22.7. The number of ketones is 1. The summed E-state index contributed by atoms with van der Waals surface area (Å²) in [6.07, 6.45) is 0. The second-order valence-corrected chi connectivity index (χ2v) is 11.5. The van der Waals surface area contributed by atoms with E-state index in [1.165, 1.54) is 25.2 Å². The molecule has 47 heavy (non-hydrogen) atoms. The van der Waals surface area contributed by atoms with Crippen LogP contribution in [0.5, 0.6) is 17.2 Å². The SMILES string of the molecule is CCOC(=O)c1sc(N2C(=O)C(O)=C(C(=O)c3cc4cccc(OC)c4o3)C2c2ccc(OCc3ccccc3)c(OC)c2)nc1C. The Labute approximate surface area is 273 Å². The van der Waals surface area contributed by atoms with Gasteiger partial charge in [-0.05, 0) is 49.2 Å². The number of aliphatic hydroxyl groups excluding tert-OH is 1. The van der Waals surface area contributed by atoms with Crippen molar-refractivity contribution in [3.05, 3.63) is 112 Å². The number of thiazole rings is 1. The number of methoxy groups -OCH3 is 2. The minimum Gasteiger partial charge on any atom is -0.503 e. The summed E-state index contributed by atoms with van der Waals surface area (Å²) in [5.41, 5.74) is 1.80. The van der Waals surface area contributed by atoms with Gasteiger partial charge in [0.2, 0.25) is 5.78 Å². The number of nitrogens with zero attached hydrogens (tertiary/aromatic N) is 2. The first-order valence-corrected chi connectivity index (χ1v) is 15.4. The van der Waals surface area contributed by atoms with Gasteiger partial charge in [-0.15, -0.1) is 0 Å². The van der Waals surface area contributed by atoms with Crippen LogP contribution in [0.2, 0.25) is 0 Å². The Bertz CT molecular complexity index is 2030. The van der Waals surface area contributed by atoms with Crippen LogP contribution in [0.3, 0.4) is 0 Å². The zero-order valence-corrected chi connectivity index (χ0v) is 26.8. The van der Waals surface area contributed by atoms with Gasteiger partial charge in [-0.1, -0.05) is 59.9 Å². The second kappa shape index (κ2) is 13.0. The third-order valence-corrected chi connectivity index (χ3v) is 8.73. The summed E-state index contributed by atoms with van der Waals surface area (Å²) in [5, 5.41) is 12.0. The lowest BCUT2D eigenvalue weighted by molar-refractivity contribution is -0.117. The van der Waals surface area contributed by atoms with Crippen molar-refractivity contribution in [2.45, 2.75) is 26.5 Å². The minimum absolute atomic E-state index is 0.0875. The van der Waals surface area contributed by atoms with Crippen molar-refractivity contribution >= 4 is 45.1 Å². The molecule has 12 heteroatoms. The largest absolute Gasteiger partial charge is 0.503 e. The summed E-state index contributed by atoms with van der Waals surface area (Å²) in [5.74, 6) is -1.90. The van der Waals surface area contributed by atoms with Crippen molar-refractivity contribution in [2.24, 2.45) is 0 Å². The molecule has 0 fully saturated rings. The summed E-state index contributed by atoms with van der Waals surface area (Å²) >= 11 is 0.921. The van der Waals surface area contributed by atoms with Gasteiger partial charge in [-0.2, -0.15) is 0 Å². The summed E-state index contributed by atoms with van der Waals surface area (Å²) in [4.78, 5) is 46.5. The molecule has 3 aromatic carbocycles. The Balaban J connectivity index is 1.45. The number of rotatable bonds is 11. The van der Waals surface area contributed by atoms with Crippen molar-refractivity contribution in [1.29, 1.82) is 0 Å². The number of aliphatic hydroxyl groups is 1. The predicted octanol–water partition coefficient (Wildman–Crippen LogP) is 6.75. The fourth-order valence-electron chi connectivity index (χ4n) is 5.37. The Kier molecular flexibility index (Phi) is 8.68. The molecule has 3 heterocycles. The number of aromatic nitrogens is 1. The lowest BCUT2D eigenvalue weighted by Crippen LogP contribution is -2.31. The average Bonchev–Trinajstić information content (AvgIpc) is 3.77. The number of amides is 1. The van der Waals surface area contributed by atoms with E-state index in [4.69, 9.17) is 23.4 Å². The molecule has 240 valence electrons. The van der Waals surface area contributed by atoms with Gasteiger partial charge in [0.15, 0.2) is 39.5 Å². The van der Waals surface area contributed by atoms with Gasteiger partial charge in [0.25, 0.3) is 5.91 Å². The molecule has 1 N–H and O–H groups in total. The fraction of sp³-hybridized carbons (Fsp3) is 0.200. The van der Waals surface area contributed by atoms with Gasteiger partial charge in [0, 0.05) is 5.39 Å². The molecule has 0 saturated carbocycles. The number of Topliss-reactive ketones (excluding diaryl/α,β-unsaturated/α-hetero) is 1. The number of para-hydroxylation sites is 1. The highest BCUT2D eigenvalue weighted by molar-refractivity contribution is 7.17. The first kappa shape index (κ1) is 31.4.